The molecule has 0 aromatic carbocycles. The Morgan fingerprint density at radius 1 is 1.17 bits per heavy atom. The molecule has 2 aliphatic rings. The van der Waals surface area contributed by atoms with Gasteiger partial charge in [0.2, 0.25) is 0 Å². The van der Waals surface area contributed by atoms with Crippen LogP contribution in [0.4, 0.5) is 0 Å². The Bertz CT molecular complexity index is 167. The highest BCUT2D eigenvalue weighted by molar-refractivity contribution is 5.03. The summed E-state index contributed by atoms with van der Waals surface area (Å²) in [6.45, 7) is 2.42. The standard InChI is InChI=1S/C8H15NO3/c1-4-6(10)2-5-8(12)7(11)3-9(4)5/h4-8,10-12H,2-3H2,1H3/t4-,5-,6-,7+,8-/m1/s1. The lowest BCUT2D eigenvalue weighted by Gasteiger charge is -2.20. The van der Waals surface area contributed by atoms with Gasteiger partial charge in [-0.3, -0.25) is 4.90 Å². The summed E-state index contributed by atoms with van der Waals surface area (Å²) in [5.41, 5.74) is 0. The van der Waals surface area contributed by atoms with E-state index in [1.807, 2.05) is 11.8 Å². The third kappa shape index (κ3) is 0.992. The minimum atomic E-state index is -0.676. The maximum atomic E-state index is 9.50. The zero-order chi connectivity index (χ0) is 8.88. The molecule has 3 N–H and O–H groups in total. The van der Waals surface area contributed by atoms with Crippen LogP contribution >= 0.6 is 0 Å². The van der Waals surface area contributed by atoms with Crippen molar-refractivity contribution in [2.45, 2.75) is 43.7 Å². The van der Waals surface area contributed by atoms with Gasteiger partial charge in [-0.1, -0.05) is 0 Å². The molecule has 2 heterocycles. The third-order valence-corrected chi connectivity index (χ3v) is 3.18. The van der Waals surface area contributed by atoms with Gasteiger partial charge in [0, 0.05) is 18.6 Å². The van der Waals surface area contributed by atoms with Gasteiger partial charge >= 0.3 is 0 Å². The van der Waals surface area contributed by atoms with Crippen molar-refractivity contribution >= 4 is 0 Å². The van der Waals surface area contributed by atoms with Crippen LogP contribution in [-0.4, -0.2) is 57.2 Å². The lowest BCUT2D eigenvalue weighted by atomic mass is 10.1. The van der Waals surface area contributed by atoms with Gasteiger partial charge < -0.3 is 15.3 Å². The zero-order valence-corrected chi connectivity index (χ0v) is 7.09. The quantitative estimate of drug-likeness (QED) is 0.419. The molecule has 0 aromatic rings. The van der Waals surface area contributed by atoms with E-state index in [4.69, 9.17) is 0 Å². The second-order valence-corrected chi connectivity index (χ2v) is 3.87. The molecule has 0 saturated carbocycles. The van der Waals surface area contributed by atoms with Crippen molar-refractivity contribution in [3.05, 3.63) is 0 Å². The Morgan fingerprint density at radius 3 is 2.42 bits per heavy atom. The van der Waals surface area contributed by atoms with E-state index >= 15 is 0 Å². The highest BCUT2D eigenvalue weighted by atomic mass is 16.3. The summed E-state index contributed by atoms with van der Waals surface area (Å²) in [7, 11) is 0. The molecule has 2 saturated heterocycles. The van der Waals surface area contributed by atoms with Crippen LogP contribution < -0.4 is 0 Å². The molecule has 2 rings (SSSR count). The van der Waals surface area contributed by atoms with Crippen molar-refractivity contribution in [2.24, 2.45) is 0 Å². The molecule has 5 atom stereocenters. The largest absolute Gasteiger partial charge is 0.391 e. The number of rotatable bonds is 0. The van der Waals surface area contributed by atoms with Gasteiger partial charge in [0.05, 0.1) is 18.3 Å². The fraction of sp³-hybridized carbons (Fsp3) is 1.00. The van der Waals surface area contributed by atoms with Crippen LogP contribution in [0.1, 0.15) is 13.3 Å². The average Bonchev–Trinajstić information content (AvgIpc) is 2.43. The van der Waals surface area contributed by atoms with Crippen LogP contribution in [0.2, 0.25) is 0 Å². The first kappa shape index (κ1) is 8.44. The van der Waals surface area contributed by atoms with E-state index < -0.39 is 12.2 Å². The summed E-state index contributed by atoms with van der Waals surface area (Å²) in [4.78, 5) is 1.99. The van der Waals surface area contributed by atoms with E-state index in [1.54, 1.807) is 0 Å². The summed E-state index contributed by atoms with van der Waals surface area (Å²) in [5, 5.41) is 28.3. The van der Waals surface area contributed by atoms with E-state index in [9.17, 15) is 15.3 Å². The molecule has 70 valence electrons. The van der Waals surface area contributed by atoms with Gasteiger partial charge in [-0.05, 0) is 13.3 Å². The smallest absolute Gasteiger partial charge is 0.0967 e. The minimum absolute atomic E-state index is 0.0370. The first-order chi connectivity index (χ1) is 5.61. The fourth-order valence-corrected chi connectivity index (χ4v) is 2.32. The highest BCUT2D eigenvalue weighted by Crippen LogP contribution is 2.32. The van der Waals surface area contributed by atoms with E-state index in [2.05, 4.69) is 0 Å². The van der Waals surface area contributed by atoms with Crippen LogP contribution in [0.3, 0.4) is 0 Å². The Hall–Kier alpha value is -0.160. The molecule has 0 unspecified atom stereocenters. The number of fused-ring (bicyclic) bond motifs is 1. The SMILES string of the molecule is C[C@@H]1[C@H](O)C[C@@H]2[C@@H](O)[C@@H](O)CN12. The van der Waals surface area contributed by atoms with Gasteiger partial charge in [-0.25, -0.2) is 0 Å². The molecule has 0 radical (unpaired) electrons. The van der Waals surface area contributed by atoms with E-state index in [0.717, 1.165) is 0 Å². The first-order valence-electron chi connectivity index (χ1n) is 4.41. The van der Waals surface area contributed by atoms with Crippen LogP contribution in [0.25, 0.3) is 0 Å². The molecule has 0 aliphatic carbocycles. The van der Waals surface area contributed by atoms with Crippen LogP contribution in [0, 0.1) is 0 Å². The Morgan fingerprint density at radius 2 is 1.83 bits per heavy atom. The van der Waals surface area contributed by atoms with Crippen LogP contribution in [0.5, 0.6) is 0 Å². The Balaban J connectivity index is 2.14. The number of nitrogens with zero attached hydrogens (tertiary/aromatic N) is 1. The molecule has 0 spiro atoms. The molecular weight excluding hydrogens is 158 g/mol. The highest BCUT2D eigenvalue weighted by Gasteiger charge is 2.48. The van der Waals surface area contributed by atoms with Crippen molar-refractivity contribution in [1.82, 2.24) is 4.90 Å². The second kappa shape index (κ2) is 2.67. The van der Waals surface area contributed by atoms with Crippen molar-refractivity contribution in [1.29, 1.82) is 0 Å². The number of aliphatic hydroxyl groups excluding tert-OH is 3. The summed E-state index contributed by atoms with van der Waals surface area (Å²) in [6, 6.07) is 0.0341. The lowest BCUT2D eigenvalue weighted by molar-refractivity contribution is 0.0335. The van der Waals surface area contributed by atoms with Crippen molar-refractivity contribution in [3.63, 3.8) is 0 Å². The Labute approximate surface area is 71.4 Å². The number of aliphatic hydroxyl groups is 3. The molecule has 4 heteroatoms. The summed E-state index contributed by atoms with van der Waals surface area (Å²) >= 11 is 0. The summed E-state index contributed by atoms with van der Waals surface area (Å²) in [5.74, 6) is 0. The maximum Gasteiger partial charge on any atom is 0.0967 e. The van der Waals surface area contributed by atoms with Crippen LogP contribution in [-0.2, 0) is 0 Å². The van der Waals surface area contributed by atoms with Gasteiger partial charge in [0.15, 0.2) is 0 Å². The summed E-state index contributed by atoms with van der Waals surface area (Å²) < 4.78 is 0. The lowest BCUT2D eigenvalue weighted by Crippen LogP contribution is -2.34. The predicted octanol–water partition coefficient (Wildman–Crippen LogP) is -1.45. The van der Waals surface area contributed by atoms with Crippen molar-refractivity contribution in [2.75, 3.05) is 6.54 Å². The first-order valence-corrected chi connectivity index (χ1v) is 4.41. The van der Waals surface area contributed by atoms with Crippen LogP contribution in [0.15, 0.2) is 0 Å². The summed E-state index contributed by atoms with van der Waals surface area (Å²) in [6.07, 6.45) is -1.08. The van der Waals surface area contributed by atoms with E-state index in [0.29, 0.717) is 13.0 Å². The maximum absolute atomic E-state index is 9.50. The minimum Gasteiger partial charge on any atom is -0.391 e. The monoisotopic (exact) mass is 173 g/mol. The molecule has 0 aromatic heterocycles. The third-order valence-electron chi connectivity index (χ3n) is 3.18. The molecule has 0 bridgehead atoms. The average molecular weight is 173 g/mol. The molecule has 2 fully saturated rings. The topological polar surface area (TPSA) is 63.9 Å². The van der Waals surface area contributed by atoms with E-state index in [-0.39, 0.29) is 18.2 Å². The molecule has 2 aliphatic heterocycles. The van der Waals surface area contributed by atoms with Gasteiger partial charge in [-0.15, -0.1) is 0 Å². The van der Waals surface area contributed by atoms with Gasteiger partial charge in [0.25, 0.3) is 0 Å². The fourth-order valence-electron chi connectivity index (χ4n) is 2.32. The number of hydrogen-bond donors (Lipinski definition) is 3. The predicted molar refractivity (Wildman–Crippen MR) is 42.6 cm³/mol. The second-order valence-electron chi connectivity index (χ2n) is 3.87. The van der Waals surface area contributed by atoms with Gasteiger partial charge in [-0.2, -0.15) is 0 Å². The van der Waals surface area contributed by atoms with Gasteiger partial charge in [0.1, 0.15) is 0 Å². The molecule has 4 nitrogen and oxygen atoms in total. The normalized spacial score (nSPS) is 54.5. The molecular formula is C8H15NO3. The molecule has 12 heavy (non-hydrogen) atoms. The molecule has 0 amide bonds. The Kier molecular flexibility index (Phi) is 1.88. The zero-order valence-electron chi connectivity index (χ0n) is 7.09. The van der Waals surface area contributed by atoms with E-state index in [1.165, 1.54) is 0 Å². The van der Waals surface area contributed by atoms with Crippen molar-refractivity contribution in [3.8, 4) is 0 Å². The number of hydrogen-bond acceptors (Lipinski definition) is 4. The van der Waals surface area contributed by atoms with Crippen molar-refractivity contribution < 1.29 is 15.3 Å².